The number of pyridine rings is 1. The van der Waals surface area contributed by atoms with Gasteiger partial charge in [-0.25, -0.2) is 13.4 Å². The molecule has 0 aliphatic heterocycles. The molecule has 0 bridgehead atoms. The zero-order chi connectivity index (χ0) is 13.9. The lowest BCUT2D eigenvalue weighted by Crippen LogP contribution is -2.27. The number of rotatable bonds is 4. The normalized spacial score (nSPS) is 11.4. The largest absolute Gasteiger partial charge is 0.246 e. The van der Waals surface area contributed by atoms with E-state index in [0.29, 0.717) is 0 Å². The molecule has 2 heterocycles. The van der Waals surface area contributed by atoms with Crippen LogP contribution >= 0.6 is 11.3 Å². The van der Waals surface area contributed by atoms with E-state index in [4.69, 9.17) is 5.26 Å². The summed E-state index contributed by atoms with van der Waals surface area (Å²) in [7, 11) is -2.21. The molecule has 0 fully saturated rings. The van der Waals surface area contributed by atoms with Crippen molar-refractivity contribution in [3.8, 4) is 6.07 Å². The molecule has 0 atom stereocenters. The van der Waals surface area contributed by atoms with Crippen LogP contribution in [0.25, 0.3) is 0 Å². The van der Waals surface area contributed by atoms with E-state index in [1.165, 1.54) is 41.0 Å². The Kier molecular flexibility index (Phi) is 3.95. The maximum atomic E-state index is 12.4. The molecule has 2 rings (SSSR count). The summed E-state index contributed by atoms with van der Waals surface area (Å²) >= 11 is 1.49. The van der Waals surface area contributed by atoms with Crippen molar-refractivity contribution in [3.05, 3.63) is 46.4 Å². The molecule has 0 aliphatic carbocycles. The summed E-state index contributed by atoms with van der Waals surface area (Å²) in [6.07, 6.45) is 1.40. The molecule has 0 aliphatic rings. The SMILES string of the molecule is CN(Cc1cccs1)S(=O)(=O)c1cccnc1C#N. The third-order valence-electron chi connectivity index (χ3n) is 2.52. The number of thiophene rings is 1. The van der Waals surface area contributed by atoms with Gasteiger partial charge in [0.05, 0.1) is 0 Å². The highest BCUT2D eigenvalue weighted by atomic mass is 32.2. The number of nitriles is 1. The summed E-state index contributed by atoms with van der Waals surface area (Å²) in [5.74, 6) is 0. The van der Waals surface area contributed by atoms with Crippen LogP contribution in [-0.2, 0) is 16.6 Å². The van der Waals surface area contributed by atoms with Gasteiger partial charge in [-0.3, -0.25) is 0 Å². The summed E-state index contributed by atoms with van der Waals surface area (Å²) in [4.78, 5) is 4.66. The van der Waals surface area contributed by atoms with E-state index in [2.05, 4.69) is 4.98 Å². The molecule has 2 aromatic rings. The Morgan fingerprint density at radius 3 is 2.84 bits per heavy atom. The molecule has 19 heavy (non-hydrogen) atoms. The minimum Gasteiger partial charge on any atom is -0.244 e. The Bertz CT molecular complexity index is 703. The van der Waals surface area contributed by atoms with Crippen LogP contribution in [0.5, 0.6) is 0 Å². The van der Waals surface area contributed by atoms with Gasteiger partial charge < -0.3 is 0 Å². The smallest absolute Gasteiger partial charge is 0.244 e. The van der Waals surface area contributed by atoms with Gasteiger partial charge >= 0.3 is 0 Å². The van der Waals surface area contributed by atoms with Crippen LogP contribution in [-0.4, -0.2) is 24.8 Å². The zero-order valence-corrected chi connectivity index (χ0v) is 11.8. The molecule has 0 aromatic carbocycles. The third kappa shape index (κ3) is 2.81. The van der Waals surface area contributed by atoms with Gasteiger partial charge in [-0.2, -0.15) is 9.57 Å². The summed E-state index contributed by atoms with van der Waals surface area (Å²) in [6, 6.07) is 8.43. The Hall–Kier alpha value is -1.75. The number of nitrogens with zero attached hydrogens (tertiary/aromatic N) is 3. The minimum absolute atomic E-state index is 0.0587. The Morgan fingerprint density at radius 2 is 2.21 bits per heavy atom. The highest BCUT2D eigenvalue weighted by Gasteiger charge is 2.24. The van der Waals surface area contributed by atoms with Gasteiger partial charge in [-0.15, -0.1) is 11.3 Å². The van der Waals surface area contributed by atoms with E-state index in [1.54, 1.807) is 6.07 Å². The molecule has 0 radical (unpaired) electrons. The summed E-state index contributed by atoms with van der Waals surface area (Å²) < 4.78 is 26.0. The van der Waals surface area contributed by atoms with E-state index in [-0.39, 0.29) is 17.1 Å². The van der Waals surface area contributed by atoms with Crippen LogP contribution in [0, 0.1) is 11.3 Å². The monoisotopic (exact) mass is 293 g/mol. The average Bonchev–Trinajstić information content (AvgIpc) is 2.91. The fraction of sp³-hybridized carbons (Fsp3) is 0.167. The number of hydrogen-bond acceptors (Lipinski definition) is 5. The fourth-order valence-corrected chi connectivity index (χ4v) is 3.63. The average molecular weight is 293 g/mol. The van der Waals surface area contributed by atoms with Crippen molar-refractivity contribution >= 4 is 21.4 Å². The maximum absolute atomic E-state index is 12.4. The van der Waals surface area contributed by atoms with E-state index >= 15 is 0 Å². The quantitative estimate of drug-likeness (QED) is 0.862. The maximum Gasteiger partial charge on any atom is 0.246 e. The van der Waals surface area contributed by atoms with Crippen molar-refractivity contribution in [2.45, 2.75) is 11.4 Å². The van der Waals surface area contributed by atoms with E-state index in [1.807, 2.05) is 17.5 Å². The van der Waals surface area contributed by atoms with Crippen molar-refractivity contribution in [2.75, 3.05) is 7.05 Å². The topological polar surface area (TPSA) is 74.1 Å². The second-order valence-corrected chi connectivity index (χ2v) is 6.85. The number of sulfonamides is 1. The molecule has 0 N–H and O–H groups in total. The molecule has 2 aromatic heterocycles. The third-order valence-corrected chi connectivity index (χ3v) is 5.22. The minimum atomic E-state index is -3.70. The number of hydrogen-bond donors (Lipinski definition) is 0. The van der Waals surface area contributed by atoms with Gasteiger partial charge in [0.25, 0.3) is 0 Å². The van der Waals surface area contributed by atoms with Crippen molar-refractivity contribution in [1.29, 1.82) is 5.26 Å². The van der Waals surface area contributed by atoms with Gasteiger partial charge in [0.1, 0.15) is 11.0 Å². The van der Waals surface area contributed by atoms with E-state index in [0.717, 1.165) is 4.88 Å². The predicted molar refractivity (Wildman–Crippen MR) is 71.9 cm³/mol. The number of aromatic nitrogens is 1. The molecule has 98 valence electrons. The highest BCUT2D eigenvalue weighted by Crippen LogP contribution is 2.20. The van der Waals surface area contributed by atoms with Crippen molar-refractivity contribution < 1.29 is 8.42 Å². The molecular weight excluding hydrogens is 282 g/mol. The van der Waals surface area contributed by atoms with Crippen LogP contribution in [0.1, 0.15) is 10.6 Å². The van der Waals surface area contributed by atoms with E-state index < -0.39 is 10.0 Å². The van der Waals surface area contributed by atoms with Gasteiger partial charge in [-0.1, -0.05) is 6.07 Å². The lowest BCUT2D eigenvalue weighted by Gasteiger charge is -2.16. The molecular formula is C12H11N3O2S2. The summed E-state index contributed by atoms with van der Waals surface area (Å²) in [5.41, 5.74) is -0.0828. The first-order valence-corrected chi connectivity index (χ1v) is 7.71. The van der Waals surface area contributed by atoms with Crippen molar-refractivity contribution in [1.82, 2.24) is 9.29 Å². The molecule has 0 unspecified atom stereocenters. The van der Waals surface area contributed by atoms with Gasteiger partial charge in [0.15, 0.2) is 5.69 Å². The van der Waals surface area contributed by atoms with Gasteiger partial charge in [0.2, 0.25) is 10.0 Å². The van der Waals surface area contributed by atoms with Crippen molar-refractivity contribution in [3.63, 3.8) is 0 Å². The molecule has 7 heteroatoms. The first-order chi connectivity index (χ1) is 9.05. The Balaban J connectivity index is 2.34. The summed E-state index contributed by atoms with van der Waals surface area (Å²) in [5, 5.41) is 10.8. The lowest BCUT2D eigenvalue weighted by molar-refractivity contribution is 0.469. The van der Waals surface area contributed by atoms with Crippen LogP contribution in [0.4, 0.5) is 0 Å². The molecule has 0 saturated heterocycles. The molecule has 0 amide bonds. The van der Waals surface area contributed by atoms with Crippen LogP contribution in [0.2, 0.25) is 0 Å². The Labute approximate surface area is 115 Å². The molecule has 5 nitrogen and oxygen atoms in total. The van der Waals surface area contributed by atoms with Crippen LogP contribution in [0.3, 0.4) is 0 Å². The van der Waals surface area contributed by atoms with Crippen molar-refractivity contribution in [2.24, 2.45) is 0 Å². The van der Waals surface area contributed by atoms with Gasteiger partial charge in [0, 0.05) is 24.7 Å². The lowest BCUT2D eigenvalue weighted by atomic mass is 10.4. The fourth-order valence-electron chi connectivity index (χ4n) is 1.56. The Morgan fingerprint density at radius 1 is 1.42 bits per heavy atom. The van der Waals surface area contributed by atoms with E-state index in [9.17, 15) is 8.42 Å². The zero-order valence-electron chi connectivity index (χ0n) is 10.1. The second kappa shape index (κ2) is 5.48. The molecule has 0 spiro atoms. The predicted octanol–water partition coefficient (Wildman–Crippen LogP) is 1.84. The summed E-state index contributed by atoms with van der Waals surface area (Å²) in [6.45, 7) is 0.278. The molecule has 0 saturated carbocycles. The van der Waals surface area contributed by atoms with Crippen LogP contribution < -0.4 is 0 Å². The first-order valence-electron chi connectivity index (χ1n) is 5.39. The standard InChI is InChI=1S/C12H11N3O2S2/c1-15(9-10-4-3-7-18-10)19(16,17)12-5-2-6-14-11(12)8-13/h2-7H,9H2,1H3. The second-order valence-electron chi connectivity index (χ2n) is 3.80. The van der Waals surface area contributed by atoms with Crippen LogP contribution in [0.15, 0.2) is 40.7 Å². The first kappa shape index (κ1) is 13.7. The highest BCUT2D eigenvalue weighted by molar-refractivity contribution is 7.89. The van der Waals surface area contributed by atoms with Gasteiger partial charge in [-0.05, 0) is 23.6 Å².